The van der Waals surface area contributed by atoms with Crippen molar-refractivity contribution in [1.82, 2.24) is 14.1 Å². The van der Waals surface area contributed by atoms with Crippen molar-refractivity contribution in [2.75, 3.05) is 0 Å². The standard InChI is InChI=1S/C59H52N4O.Pt/c1-9-40-30-31-60-55(32-40)63-52-26-14-13-23-50(52)51-29-28-47(37-54(51)63)64-46-22-16-21-45(36-46)61-38-62(56-39(2)18-15-27-53(56)61)57-48(41-19-11-10-12-20-41)24-17-25-49(57)42-33-43(58(3,4)5)35-44(34-42)59(6,7)8;/h10-35H,9H2,1-8H3;/q-2;/i9D2,10D,11D,12D,19D,20D;. The van der Waals surface area contributed by atoms with Crippen LogP contribution in [0.3, 0.4) is 0 Å². The van der Waals surface area contributed by atoms with Gasteiger partial charge in [0.25, 0.3) is 6.33 Å². The topological polar surface area (TPSA) is 35.9 Å². The predicted molar refractivity (Wildman–Crippen MR) is 262 cm³/mol. The van der Waals surface area contributed by atoms with E-state index in [1.54, 1.807) is 18.3 Å². The van der Waals surface area contributed by atoms with E-state index in [1.165, 1.54) is 6.92 Å². The van der Waals surface area contributed by atoms with E-state index in [1.807, 2.05) is 112 Å². The number of pyridine rings is 1. The first kappa shape index (κ1) is 35.8. The van der Waals surface area contributed by atoms with Gasteiger partial charge in [0.15, 0.2) is 0 Å². The summed E-state index contributed by atoms with van der Waals surface area (Å²) in [5, 5.41) is 1.94. The third-order valence-corrected chi connectivity index (χ3v) is 11.9. The first-order chi connectivity index (χ1) is 33.6. The number of hydrogen-bond donors (Lipinski definition) is 0. The largest absolute Gasteiger partial charge is 0.510 e. The molecule has 0 aliphatic heterocycles. The van der Waals surface area contributed by atoms with Gasteiger partial charge in [-0.1, -0.05) is 157 Å². The summed E-state index contributed by atoms with van der Waals surface area (Å²) in [5.74, 6) is 1.42. The van der Waals surface area contributed by atoms with Crippen molar-refractivity contribution in [3.05, 3.63) is 198 Å². The van der Waals surface area contributed by atoms with E-state index in [2.05, 4.69) is 83.2 Å². The number of benzene rings is 7. The van der Waals surface area contributed by atoms with Gasteiger partial charge in [0.1, 0.15) is 5.82 Å². The van der Waals surface area contributed by atoms with Crippen LogP contribution in [0.15, 0.2) is 158 Å². The monoisotopic (exact) mass is 1030 g/mol. The van der Waals surface area contributed by atoms with Gasteiger partial charge in [0.2, 0.25) is 0 Å². The summed E-state index contributed by atoms with van der Waals surface area (Å²) in [7, 11) is 0. The van der Waals surface area contributed by atoms with Crippen molar-refractivity contribution in [3.8, 4) is 50.9 Å². The molecule has 3 aromatic heterocycles. The second-order valence-corrected chi connectivity index (χ2v) is 18.3. The fourth-order valence-electron chi connectivity index (χ4n) is 8.53. The van der Waals surface area contributed by atoms with Crippen LogP contribution in [0.1, 0.15) is 80.3 Å². The number of aromatic nitrogens is 4. The first-order valence-electron chi connectivity index (χ1n) is 25.1. The molecule has 0 aliphatic carbocycles. The fourth-order valence-corrected chi connectivity index (χ4v) is 8.53. The van der Waals surface area contributed by atoms with Crippen LogP contribution in [0.4, 0.5) is 0 Å². The van der Waals surface area contributed by atoms with Crippen molar-refractivity contribution in [1.29, 1.82) is 0 Å². The van der Waals surface area contributed by atoms with Gasteiger partial charge >= 0.3 is 0 Å². The summed E-state index contributed by atoms with van der Waals surface area (Å²) in [6.07, 6.45) is 3.73. The molecule has 326 valence electrons. The number of nitrogens with zero attached hydrogens (tertiary/aromatic N) is 4. The molecule has 0 saturated carbocycles. The molecule has 0 N–H and O–H groups in total. The number of hydrogen-bond acceptors (Lipinski definition) is 2. The molecule has 0 spiro atoms. The Hall–Kier alpha value is -6.55. The summed E-state index contributed by atoms with van der Waals surface area (Å²) in [5.41, 5.74) is 10.0. The number of para-hydroxylation sites is 3. The van der Waals surface area contributed by atoms with Crippen LogP contribution in [-0.2, 0) is 38.3 Å². The maximum atomic E-state index is 9.22. The van der Waals surface area contributed by atoms with Crippen molar-refractivity contribution >= 4 is 32.8 Å². The maximum Gasteiger partial charge on any atom is 0.268 e. The van der Waals surface area contributed by atoms with Crippen LogP contribution in [0.25, 0.3) is 72.3 Å². The van der Waals surface area contributed by atoms with Crippen LogP contribution in [0, 0.1) is 25.4 Å². The summed E-state index contributed by atoms with van der Waals surface area (Å²) < 4.78 is 73.6. The Morgan fingerprint density at radius 2 is 1.37 bits per heavy atom. The molecule has 0 bridgehead atoms. The van der Waals surface area contributed by atoms with Crippen LogP contribution < -0.4 is 9.30 Å². The zero-order valence-corrected chi connectivity index (χ0v) is 39.9. The quantitative estimate of drug-likeness (QED) is 0.112. The van der Waals surface area contributed by atoms with E-state index in [0.717, 1.165) is 60.7 Å². The molecule has 65 heavy (non-hydrogen) atoms. The molecule has 0 aliphatic rings. The van der Waals surface area contributed by atoms with E-state index >= 15 is 0 Å². The number of fused-ring (bicyclic) bond motifs is 4. The van der Waals surface area contributed by atoms with E-state index in [0.29, 0.717) is 39.8 Å². The van der Waals surface area contributed by atoms with Gasteiger partial charge in [-0.2, -0.15) is 18.2 Å². The zero-order valence-electron chi connectivity index (χ0n) is 44.6. The summed E-state index contributed by atoms with van der Waals surface area (Å²) in [4.78, 5) is 4.68. The van der Waals surface area contributed by atoms with Gasteiger partial charge in [0, 0.05) is 47.0 Å². The minimum atomic E-state index is -1.57. The van der Waals surface area contributed by atoms with E-state index in [9.17, 15) is 2.74 Å². The Kier molecular flexibility index (Phi) is 9.41. The molecule has 10 aromatic rings. The molecule has 0 amide bonds. The van der Waals surface area contributed by atoms with Crippen LogP contribution >= 0.6 is 0 Å². The second-order valence-electron chi connectivity index (χ2n) is 18.3. The number of rotatable bonds is 8. The summed E-state index contributed by atoms with van der Waals surface area (Å²) >= 11 is 0. The Morgan fingerprint density at radius 1 is 0.692 bits per heavy atom. The zero-order chi connectivity index (χ0) is 50.5. The molecule has 0 fully saturated rings. The van der Waals surface area contributed by atoms with Crippen molar-refractivity contribution in [2.24, 2.45) is 0 Å². The van der Waals surface area contributed by atoms with Crippen LogP contribution in [0.2, 0.25) is 0 Å². The normalized spacial score (nSPS) is 13.7. The minimum Gasteiger partial charge on any atom is -0.510 e. The smallest absolute Gasteiger partial charge is 0.268 e. The molecule has 7 aromatic carbocycles. The number of ether oxygens (including phenoxy) is 1. The Morgan fingerprint density at radius 3 is 2.11 bits per heavy atom. The Bertz CT molecular complexity index is 3720. The molecule has 0 saturated heterocycles. The van der Waals surface area contributed by atoms with E-state index < -0.39 is 24.5 Å². The van der Waals surface area contributed by atoms with E-state index in [4.69, 9.17) is 11.6 Å². The van der Waals surface area contributed by atoms with Gasteiger partial charge in [-0.3, -0.25) is 4.57 Å². The second kappa shape index (κ2) is 17.1. The molecular weight excluding hydrogens is 976 g/mol. The fraction of sp³-hybridized carbons (Fsp3) is 0.186. The molecule has 10 rings (SSSR count). The van der Waals surface area contributed by atoms with Gasteiger partial charge < -0.3 is 13.9 Å². The van der Waals surface area contributed by atoms with Crippen molar-refractivity contribution in [3.63, 3.8) is 0 Å². The average molecular weight is 1040 g/mol. The molecule has 0 radical (unpaired) electrons. The molecule has 0 atom stereocenters. The van der Waals surface area contributed by atoms with Gasteiger partial charge in [-0.15, -0.1) is 29.7 Å². The van der Waals surface area contributed by atoms with Crippen LogP contribution in [-0.4, -0.2) is 14.1 Å². The maximum absolute atomic E-state index is 9.22. The van der Waals surface area contributed by atoms with E-state index in [-0.39, 0.29) is 49.5 Å². The predicted octanol–water partition coefficient (Wildman–Crippen LogP) is 14.4. The van der Waals surface area contributed by atoms with Gasteiger partial charge in [-0.25, -0.2) is 4.98 Å². The summed E-state index contributed by atoms with van der Waals surface area (Å²) in [6.45, 7) is 16.7. The van der Waals surface area contributed by atoms with Crippen LogP contribution in [0.5, 0.6) is 11.5 Å². The average Bonchev–Trinajstić information content (AvgIpc) is 3.89. The third kappa shape index (κ3) is 8.12. The molecule has 6 heteroatoms. The molecule has 5 nitrogen and oxygen atoms in total. The number of imidazole rings is 1. The van der Waals surface area contributed by atoms with Gasteiger partial charge in [-0.05, 0) is 97.9 Å². The number of aryl methyl sites for hydroxylation is 2. The minimum absolute atomic E-state index is 0. The SMILES string of the molecule is [2H]c1c([2H])c([2H])c(-c2cccc(-c3cc(C(C)(C)C)cc(C(C)(C)C)c3)c2-[n+]2[c-]n(-c3[c-]c(Oc4[c-]c5c(cc4)c4ccccc4n5-c4cc(C([2H])([2H])C)ccn4)ccc3)c3cccc(C)c32)c([2H])c1[2H].[Pt]. The Labute approximate surface area is 407 Å². The van der Waals surface area contributed by atoms with Gasteiger partial charge in [0.05, 0.1) is 23.6 Å². The van der Waals surface area contributed by atoms with Crippen molar-refractivity contribution in [2.45, 2.75) is 72.6 Å². The summed E-state index contributed by atoms with van der Waals surface area (Å²) in [6, 6.07) is 44.6. The molecule has 3 heterocycles. The molecule has 0 unspecified atom stereocenters. The molecular formula is C59H52N4OPt-2. The first-order valence-corrected chi connectivity index (χ1v) is 21.6. The Balaban J connectivity index is 0.00000640. The third-order valence-electron chi connectivity index (χ3n) is 11.9. The van der Waals surface area contributed by atoms with Crippen molar-refractivity contribution < 1.29 is 40.0 Å².